The SMILES string of the molecule is CC(C)CCCCCCCCCCC(=O)OCC(COC(=O)CCCCCCCCCCC(C)C)(COC(=O)CCCCCCCCCCC(C)C)COC(=O)CCCCCCCCCCC(C)C. The van der Waals surface area contributed by atoms with Gasteiger partial charge in [0.1, 0.15) is 31.8 Å². The highest BCUT2D eigenvalue weighted by atomic mass is 16.6. The first-order valence-corrected chi connectivity index (χ1v) is 29.9. The van der Waals surface area contributed by atoms with Gasteiger partial charge in [-0.3, -0.25) is 19.2 Å². The van der Waals surface area contributed by atoms with Gasteiger partial charge in [0.05, 0.1) is 0 Å². The Morgan fingerprint density at radius 1 is 0.246 bits per heavy atom. The Bertz CT molecular complexity index is 997. The lowest BCUT2D eigenvalue weighted by Crippen LogP contribution is -2.44. The highest BCUT2D eigenvalue weighted by molar-refractivity contribution is 5.71. The third-order valence-corrected chi connectivity index (χ3v) is 13.8. The molecule has 408 valence electrons. The van der Waals surface area contributed by atoms with E-state index in [0.29, 0.717) is 0 Å². The summed E-state index contributed by atoms with van der Waals surface area (Å²) in [5.74, 6) is 1.73. The first-order chi connectivity index (χ1) is 33.2. The van der Waals surface area contributed by atoms with Crippen molar-refractivity contribution in [1.29, 1.82) is 0 Å². The topological polar surface area (TPSA) is 105 Å². The highest BCUT2D eigenvalue weighted by Crippen LogP contribution is 2.25. The van der Waals surface area contributed by atoms with Crippen molar-refractivity contribution >= 4 is 23.9 Å². The van der Waals surface area contributed by atoms with Gasteiger partial charge in [0.15, 0.2) is 0 Å². The number of ether oxygens (including phenoxy) is 4. The summed E-state index contributed by atoms with van der Waals surface area (Å²) in [6.07, 6.45) is 42.7. The summed E-state index contributed by atoms with van der Waals surface area (Å²) in [7, 11) is 0. The molecule has 0 atom stereocenters. The molecule has 0 rings (SSSR count). The Morgan fingerprint density at radius 3 is 0.551 bits per heavy atom. The Kier molecular flexibility index (Phi) is 46.7. The van der Waals surface area contributed by atoms with Crippen molar-refractivity contribution in [3.05, 3.63) is 0 Å². The van der Waals surface area contributed by atoms with Crippen LogP contribution in [-0.2, 0) is 38.1 Å². The molecule has 69 heavy (non-hydrogen) atoms. The van der Waals surface area contributed by atoms with E-state index < -0.39 is 5.41 Å². The summed E-state index contributed by atoms with van der Waals surface area (Å²) in [6.45, 7) is 17.6. The molecule has 0 aliphatic carbocycles. The largest absolute Gasteiger partial charge is 0.465 e. The second kappa shape index (κ2) is 48.2. The number of carbonyl (C=O) groups excluding carboxylic acids is 4. The predicted molar refractivity (Wildman–Crippen MR) is 290 cm³/mol. The Morgan fingerprint density at radius 2 is 0.391 bits per heavy atom. The molecule has 0 aliphatic rings. The van der Waals surface area contributed by atoms with Gasteiger partial charge in [0, 0.05) is 25.7 Å². The molecule has 0 aromatic rings. The molecule has 8 nitrogen and oxygen atoms in total. The molecular formula is C61H116O8. The van der Waals surface area contributed by atoms with Gasteiger partial charge in [-0.2, -0.15) is 0 Å². The van der Waals surface area contributed by atoms with Gasteiger partial charge in [0.2, 0.25) is 0 Å². The summed E-state index contributed by atoms with van der Waals surface area (Å²) >= 11 is 0. The van der Waals surface area contributed by atoms with E-state index in [4.69, 9.17) is 18.9 Å². The molecule has 0 heterocycles. The van der Waals surface area contributed by atoms with Crippen LogP contribution in [0, 0.1) is 29.1 Å². The number of hydrogen-bond acceptors (Lipinski definition) is 8. The van der Waals surface area contributed by atoms with Crippen LogP contribution in [0.15, 0.2) is 0 Å². The number of rotatable bonds is 52. The van der Waals surface area contributed by atoms with Crippen molar-refractivity contribution in [2.75, 3.05) is 26.4 Å². The maximum atomic E-state index is 13.2. The van der Waals surface area contributed by atoms with E-state index in [1.165, 1.54) is 154 Å². The van der Waals surface area contributed by atoms with Gasteiger partial charge in [-0.25, -0.2) is 0 Å². The number of hydrogen-bond donors (Lipinski definition) is 0. The fourth-order valence-corrected chi connectivity index (χ4v) is 9.00. The van der Waals surface area contributed by atoms with E-state index in [0.717, 1.165) is 101 Å². The van der Waals surface area contributed by atoms with E-state index >= 15 is 0 Å². The zero-order valence-electron chi connectivity index (χ0n) is 47.2. The number of unbranched alkanes of at least 4 members (excludes halogenated alkanes) is 28. The lowest BCUT2D eigenvalue weighted by molar-refractivity contribution is -0.170. The fourth-order valence-electron chi connectivity index (χ4n) is 9.00. The second-order valence-corrected chi connectivity index (χ2v) is 23.2. The molecule has 0 bridgehead atoms. The molecule has 0 fully saturated rings. The normalized spacial score (nSPS) is 11.9. The van der Waals surface area contributed by atoms with Crippen molar-refractivity contribution in [2.45, 2.75) is 312 Å². The van der Waals surface area contributed by atoms with E-state index in [1.807, 2.05) is 0 Å². The third-order valence-electron chi connectivity index (χ3n) is 13.8. The quantitative estimate of drug-likeness (QED) is 0.0337. The van der Waals surface area contributed by atoms with Gasteiger partial charge in [-0.15, -0.1) is 0 Å². The highest BCUT2D eigenvalue weighted by Gasteiger charge is 2.38. The Hall–Kier alpha value is -2.12. The smallest absolute Gasteiger partial charge is 0.305 e. The molecular weight excluding hydrogens is 861 g/mol. The zero-order chi connectivity index (χ0) is 51.1. The molecule has 8 heteroatoms. The number of esters is 4. The minimum atomic E-state index is -1.20. The predicted octanol–water partition coefficient (Wildman–Crippen LogP) is 18.4. The fraction of sp³-hybridized carbons (Fsp3) is 0.934. The van der Waals surface area contributed by atoms with Crippen molar-refractivity contribution in [3.63, 3.8) is 0 Å². The first-order valence-electron chi connectivity index (χ1n) is 29.9. The van der Waals surface area contributed by atoms with Crippen LogP contribution in [-0.4, -0.2) is 50.3 Å². The second-order valence-electron chi connectivity index (χ2n) is 23.2. The van der Waals surface area contributed by atoms with Crippen LogP contribution < -0.4 is 0 Å². The minimum absolute atomic E-state index is 0.165. The molecule has 0 N–H and O–H groups in total. The van der Waals surface area contributed by atoms with Crippen molar-refractivity contribution in [3.8, 4) is 0 Å². The van der Waals surface area contributed by atoms with Crippen molar-refractivity contribution in [1.82, 2.24) is 0 Å². The van der Waals surface area contributed by atoms with Gasteiger partial charge in [-0.1, -0.05) is 261 Å². The van der Waals surface area contributed by atoms with Gasteiger partial charge >= 0.3 is 23.9 Å². The van der Waals surface area contributed by atoms with Crippen molar-refractivity contribution < 1.29 is 38.1 Å². The molecule has 0 unspecified atom stereocenters. The van der Waals surface area contributed by atoms with Crippen LogP contribution >= 0.6 is 0 Å². The van der Waals surface area contributed by atoms with Crippen LogP contribution in [0.4, 0.5) is 0 Å². The molecule has 0 radical (unpaired) electrons. The van der Waals surface area contributed by atoms with Crippen LogP contribution in [0.1, 0.15) is 312 Å². The first kappa shape index (κ1) is 66.9. The summed E-state index contributed by atoms with van der Waals surface area (Å²) < 4.78 is 23.6. The summed E-state index contributed by atoms with van der Waals surface area (Å²) in [4.78, 5) is 52.8. The van der Waals surface area contributed by atoms with E-state index in [1.54, 1.807) is 0 Å². The van der Waals surface area contributed by atoms with Crippen molar-refractivity contribution in [2.24, 2.45) is 29.1 Å². The average Bonchev–Trinajstić information content (AvgIpc) is 3.30. The Labute approximate surface area is 428 Å². The summed E-state index contributed by atoms with van der Waals surface area (Å²) in [5.41, 5.74) is -1.20. The van der Waals surface area contributed by atoms with Gasteiger partial charge in [-0.05, 0) is 49.4 Å². The average molecular weight is 978 g/mol. The molecule has 0 saturated heterocycles. The zero-order valence-corrected chi connectivity index (χ0v) is 47.2. The van der Waals surface area contributed by atoms with Gasteiger partial charge < -0.3 is 18.9 Å². The van der Waals surface area contributed by atoms with Crippen LogP contribution in [0.2, 0.25) is 0 Å². The molecule has 0 aliphatic heterocycles. The molecule has 0 aromatic carbocycles. The molecule has 0 spiro atoms. The number of carbonyl (C=O) groups is 4. The summed E-state index contributed by atoms with van der Waals surface area (Å²) in [6, 6.07) is 0. The van der Waals surface area contributed by atoms with E-state index in [9.17, 15) is 19.2 Å². The van der Waals surface area contributed by atoms with Crippen LogP contribution in [0.3, 0.4) is 0 Å². The lowest BCUT2D eigenvalue weighted by Gasteiger charge is -2.31. The van der Waals surface area contributed by atoms with E-state index in [2.05, 4.69) is 55.4 Å². The maximum Gasteiger partial charge on any atom is 0.305 e. The molecule has 0 saturated carbocycles. The third kappa shape index (κ3) is 49.3. The monoisotopic (exact) mass is 977 g/mol. The molecule has 0 aromatic heterocycles. The van der Waals surface area contributed by atoms with Crippen LogP contribution in [0.5, 0.6) is 0 Å². The summed E-state index contributed by atoms with van der Waals surface area (Å²) in [5, 5.41) is 0. The lowest BCUT2D eigenvalue weighted by atomic mass is 9.92. The maximum absolute atomic E-state index is 13.2. The minimum Gasteiger partial charge on any atom is -0.465 e. The van der Waals surface area contributed by atoms with Gasteiger partial charge in [0.25, 0.3) is 0 Å². The van der Waals surface area contributed by atoms with Crippen LogP contribution in [0.25, 0.3) is 0 Å². The van der Waals surface area contributed by atoms with E-state index in [-0.39, 0.29) is 76.0 Å². The standard InChI is InChI=1S/C61H116O8/c1-53(2)41-33-25-17-9-13-21-29-37-45-57(62)66-49-61(50-67-58(63)46-38-30-22-14-10-18-26-34-42-54(3)4,51-68-59(64)47-39-31-23-15-11-19-27-35-43-55(5)6)52-69-60(65)48-40-32-24-16-12-20-28-36-44-56(7)8/h53-56H,9-52H2,1-8H3. The molecule has 0 amide bonds. The Balaban J connectivity index is 5.47.